The molecule has 0 heterocycles. The SMILES string of the molecule is C=C(C(N)=O)S(=O)(=O)OCCCC.[H-].[Na+]. The van der Waals surface area contributed by atoms with E-state index in [0.29, 0.717) is 6.42 Å². The van der Waals surface area contributed by atoms with Crippen molar-refractivity contribution in [2.24, 2.45) is 5.73 Å². The number of rotatable bonds is 6. The van der Waals surface area contributed by atoms with Crippen LogP contribution in [0.3, 0.4) is 0 Å². The second-order valence-corrected chi connectivity index (χ2v) is 4.05. The van der Waals surface area contributed by atoms with Gasteiger partial charge in [-0.05, 0) is 6.42 Å². The average Bonchev–Trinajstić information content (AvgIpc) is 2.03. The predicted molar refractivity (Wildman–Crippen MR) is 49.2 cm³/mol. The minimum atomic E-state index is -4.00. The molecule has 0 rings (SSSR count). The molecule has 0 bridgehead atoms. The number of hydrogen-bond acceptors (Lipinski definition) is 4. The van der Waals surface area contributed by atoms with Gasteiger partial charge in [-0.25, -0.2) is 0 Å². The number of unbranched alkanes of at least 4 members (excludes halogenated alkanes) is 1. The maximum absolute atomic E-state index is 11.0. The number of hydrogen-bond donors (Lipinski definition) is 1. The molecule has 0 atom stereocenters. The Bertz CT molecular complexity index is 304. The maximum atomic E-state index is 11.0. The van der Waals surface area contributed by atoms with Gasteiger partial charge in [0.25, 0.3) is 5.91 Å². The van der Waals surface area contributed by atoms with Gasteiger partial charge in [0.1, 0.15) is 0 Å². The maximum Gasteiger partial charge on any atom is 1.00 e. The van der Waals surface area contributed by atoms with Gasteiger partial charge in [0.15, 0.2) is 4.91 Å². The third kappa shape index (κ3) is 5.77. The number of carbonyl (C=O) groups is 1. The van der Waals surface area contributed by atoms with Crippen molar-refractivity contribution in [1.29, 1.82) is 0 Å². The van der Waals surface area contributed by atoms with E-state index in [0.717, 1.165) is 6.42 Å². The summed E-state index contributed by atoms with van der Waals surface area (Å²) in [6.45, 7) is 4.95. The molecule has 78 valence electrons. The topological polar surface area (TPSA) is 86.5 Å². The average molecular weight is 231 g/mol. The first-order chi connectivity index (χ1) is 5.91. The molecule has 0 saturated carbocycles. The van der Waals surface area contributed by atoms with Gasteiger partial charge in [-0.3, -0.25) is 8.98 Å². The van der Waals surface area contributed by atoms with Crippen LogP contribution in [0.5, 0.6) is 0 Å². The zero-order valence-electron chi connectivity index (χ0n) is 9.45. The predicted octanol–water partition coefficient (Wildman–Crippen LogP) is -2.75. The van der Waals surface area contributed by atoms with Crippen LogP contribution in [0.4, 0.5) is 0 Å². The van der Waals surface area contributed by atoms with Gasteiger partial charge in [0.2, 0.25) is 0 Å². The Labute approximate surface area is 108 Å². The van der Waals surface area contributed by atoms with Gasteiger partial charge in [0, 0.05) is 0 Å². The van der Waals surface area contributed by atoms with Gasteiger partial charge in [-0.15, -0.1) is 0 Å². The third-order valence-electron chi connectivity index (χ3n) is 1.31. The van der Waals surface area contributed by atoms with Crippen molar-refractivity contribution in [2.45, 2.75) is 19.8 Å². The van der Waals surface area contributed by atoms with Crippen LogP contribution >= 0.6 is 0 Å². The molecule has 5 nitrogen and oxygen atoms in total. The number of amides is 1. The molecule has 0 aromatic carbocycles. The van der Waals surface area contributed by atoms with E-state index in [-0.39, 0.29) is 37.6 Å². The molecular weight excluding hydrogens is 217 g/mol. The molecule has 0 aliphatic heterocycles. The molecule has 14 heavy (non-hydrogen) atoms. The van der Waals surface area contributed by atoms with Gasteiger partial charge in [0.05, 0.1) is 6.61 Å². The van der Waals surface area contributed by atoms with E-state index in [1.54, 1.807) is 0 Å². The minimum absolute atomic E-state index is 0. The van der Waals surface area contributed by atoms with Gasteiger partial charge in [-0.2, -0.15) is 8.42 Å². The summed E-state index contributed by atoms with van der Waals surface area (Å²) in [7, 11) is -4.00. The summed E-state index contributed by atoms with van der Waals surface area (Å²) in [6, 6.07) is 0. The third-order valence-corrected chi connectivity index (χ3v) is 2.59. The van der Waals surface area contributed by atoms with Crippen LogP contribution in [0.25, 0.3) is 0 Å². The fourth-order valence-corrected chi connectivity index (χ4v) is 1.23. The smallest absolute Gasteiger partial charge is 1.00 e. The fourth-order valence-electron chi connectivity index (χ4n) is 0.507. The molecule has 1 amide bonds. The molecular formula is C7H14NNaO4S. The molecule has 2 N–H and O–H groups in total. The quantitative estimate of drug-likeness (QED) is 0.232. The fraction of sp³-hybridized carbons (Fsp3) is 0.571. The second kappa shape index (κ2) is 7.42. The van der Waals surface area contributed by atoms with Crippen molar-refractivity contribution in [3.05, 3.63) is 11.5 Å². The van der Waals surface area contributed by atoms with Crippen LogP contribution in [0, 0.1) is 0 Å². The van der Waals surface area contributed by atoms with E-state index in [1.165, 1.54) is 0 Å². The standard InChI is InChI=1S/C7H13NO4S.Na.H/c1-3-4-5-12-13(10,11)6(2)7(8)9;;/h2-5H2,1H3,(H2,8,9);;/q;+1;-1. The van der Waals surface area contributed by atoms with Crippen LogP contribution in [-0.4, -0.2) is 20.9 Å². The Hall–Kier alpha value is 0.120. The second-order valence-electron chi connectivity index (χ2n) is 2.42. The van der Waals surface area contributed by atoms with E-state index < -0.39 is 20.9 Å². The largest absolute Gasteiger partial charge is 1.00 e. The van der Waals surface area contributed by atoms with Crippen molar-refractivity contribution >= 4 is 16.0 Å². The van der Waals surface area contributed by atoms with Gasteiger partial charge in [-0.1, -0.05) is 19.9 Å². The van der Waals surface area contributed by atoms with Crippen LogP contribution < -0.4 is 35.3 Å². The van der Waals surface area contributed by atoms with E-state index in [9.17, 15) is 13.2 Å². The van der Waals surface area contributed by atoms with Crippen molar-refractivity contribution in [3.8, 4) is 0 Å². The van der Waals surface area contributed by atoms with Crippen molar-refractivity contribution < 1.29 is 48.4 Å². The Morgan fingerprint density at radius 1 is 1.57 bits per heavy atom. The Balaban J connectivity index is -0.000000720. The molecule has 0 aliphatic carbocycles. The monoisotopic (exact) mass is 231 g/mol. The van der Waals surface area contributed by atoms with Crippen molar-refractivity contribution in [3.63, 3.8) is 0 Å². The van der Waals surface area contributed by atoms with Gasteiger partial charge < -0.3 is 7.16 Å². The molecule has 0 spiro atoms. The Kier molecular flexibility index (Phi) is 8.77. The molecule has 0 aromatic heterocycles. The zero-order chi connectivity index (χ0) is 10.5. The summed E-state index contributed by atoms with van der Waals surface area (Å²) in [5.74, 6) is -1.09. The summed E-state index contributed by atoms with van der Waals surface area (Å²) in [5, 5.41) is 0. The van der Waals surface area contributed by atoms with Crippen LogP contribution in [0.2, 0.25) is 0 Å². The first kappa shape index (κ1) is 16.5. The first-order valence-electron chi connectivity index (χ1n) is 3.80. The molecule has 0 fully saturated rings. The number of nitrogens with two attached hydrogens (primary N) is 1. The summed E-state index contributed by atoms with van der Waals surface area (Å²) in [5.41, 5.74) is 4.73. The number of primary amides is 1. The van der Waals surface area contributed by atoms with Crippen molar-refractivity contribution in [1.82, 2.24) is 0 Å². The van der Waals surface area contributed by atoms with Crippen LogP contribution in [-0.2, 0) is 19.1 Å². The van der Waals surface area contributed by atoms with Crippen molar-refractivity contribution in [2.75, 3.05) is 6.61 Å². The summed E-state index contributed by atoms with van der Waals surface area (Å²) < 4.78 is 26.5. The van der Waals surface area contributed by atoms with E-state index in [4.69, 9.17) is 5.73 Å². The van der Waals surface area contributed by atoms with E-state index in [1.807, 2.05) is 6.92 Å². The molecule has 0 aromatic rings. The Morgan fingerprint density at radius 3 is 2.43 bits per heavy atom. The van der Waals surface area contributed by atoms with E-state index >= 15 is 0 Å². The Morgan fingerprint density at radius 2 is 2.07 bits per heavy atom. The van der Waals surface area contributed by atoms with E-state index in [2.05, 4.69) is 10.8 Å². The van der Waals surface area contributed by atoms with Crippen LogP contribution in [0.1, 0.15) is 21.2 Å². The molecule has 0 saturated heterocycles. The normalized spacial score (nSPS) is 10.4. The summed E-state index contributed by atoms with van der Waals surface area (Å²) in [4.78, 5) is 9.74. The summed E-state index contributed by atoms with van der Waals surface area (Å²) in [6.07, 6.45) is 1.41. The van der Waals surface area contributed by atoms with Crippen LogP contribution in [0.15, 0.2) is 11.5 Å². The van der Waals surface area contributed by atoms with Gasteiger partial charge >= 0.3 is 39.7 Å². The molecule has 0 radical (unpaired) electrons. The first-order valence-corrected chi connectivity index (χ1v) is 5.20. The minimum Gasteiger partial charge on any atom is -1.00 e. The number of carbonyl (C=O) groups excluding carboxylic acids is 1. The molecule has 7 heteroatoms. The summed E-state index contributed by atoms with van der Waals surface area (Å²) >= 11 is 0. The zero-order valence-corrected chi connectivity index (χ0v) is 11.3. The molecule has 0 unspecified atom stereocenters. The molecule has 0 aliphatic rings.